The van der Waals surface area contributed by atoms with E-state index in [4.69, 9.17) is 10.5 Å². The van der Waals surface area contributed by atoms with Crippen molar-refractivity contribution >= 4 is 11.6 Å². The molecule has 26 heavy (non-hydrogen) atoms. The van der Waals surface area contributed by atoms with Gasteiger partial charge in [0.05, 0.1) is 18.8 Å². The number of nitrogens with zero attached hydrogens (tertiary/aromatic N) is 1. The summed E-state index contributed by atoms with van der Waals surface area (Å²) in [5, 5.41) is 2.95. The highest BCUT2D eigenvalue weighted by molar-refractivity contribution is 5.94. The Hall–Kier alpha value is -2.90. The van der Waals surface area contributed by atoms with E-state index in [2.05, 4.69) is 15.0 Å². The van der Waals surface area contributed by atoms with Gasteiger partial charge in [-0.15, -0.1) is 13.2 Å². The van der Waals surface area contributed by atoms with Crippen molar-refractivity contribution in [1.29, 1.82) is 0 Å². The number of para-hydroxylation sites is 3. The number of benzene rings is 2. The molecule has 8 heteroatoms. The summed E-state index contributed by atoms with van der Waals surface area (Å²) in [6.45, 7) is 0. The SMILES string of the molecule is COc1ccccc1NC(N)=NC1CC1c1ccccc1OC(F)(F)F. The molecule has 1 saturated carbocycles. The molecule has 0 aliphatic heterocycles. The van der Waals surface area contributed by atoms with Gasteiger partial charge in [0.25, 0.3) is 0 Å². The fourth-order valence-corrected chi connectivity index (χ4v) is 2.76. The average Bonchev–Trinajstić information content (AvgIpc) is 3.33. The highest BCUT2D eigenvalue weighted by atomic mass is 19.4. The van der Waals surface area contributed by atoms with E-state index >= 15 is 0 Å². The molecule has 0 saturated heterocycles. The van der Waals surface area contributed by atoms with Gasteiger partial charge in [0.15, 0.2) is 5.96 Å². The van der Waals surface area contributed by atoms with Crippen molar-refractivity contribution in [3.63, 3.8) is 0 Å². The number of hydrogen-bond donors (Lipinski definition) is 2. The minimum atomic E-state index is -4.73. The predicted molar refractivity (Wildman–Crippen MR) is 92.5 cm³/mol. The summed E-state index contributed by atoms with van der Waals surface area (Å²) >= 11 is 0. The quantitative estimate of drug-likeness (QED) is 0.623. The van der Waals surface area contributed by atoms with Crippen LogP contribution >= 0.6 is 0 Å². The molecule has 1 fully saturated rings. The Balaban J connectivity index is 1.70. The van der Waals surface area contributed by atoms with Gasteiger partial charge in [0, 0.05) is 5.92 Å². The first-order valence-electron chi connectivity index (χ1n) is 7.95. The van der Waals surface area contributed by atoms with E-state index in [9.17, 15) is 13.2 Å². The molecular weight excluding hydrogens is 347 g/mol. The normalized spacial score (nSPS) is 19.8. The van der Waals surface area contributed by atoms with Crippen molar-refractivity contribution in [3.8, 4) is 11.5 Å². The summed E-state index contributed by atoms with van der Waals surface area (Å²) in [6, 6.07) is 13.1. The van der Waals surface area contributed by atoms with E-state index in [0.717, 1.165) is 0 Å². The number of nitrogens with two attached hydrogens (primary N) is 1. The lowest BCUT2D eigenvalue weighted by Gasteiger charge is -2.13. The lowest BCUT2D eigenvalue weighted by molar-refractivity contribution is -0.274. The number of nitrogens with one attached hydrogen (secondary N) is 1. The average molecular weight is 365 g/mol. The molecule has 3 N–H and O–H groups in total. The maximum absolute atomic E-state index is 12.5. The maximum Gasteiger partial charge on any atom is 0.573 e. The van der Waals surface area contributed by atoms with Gasteiger partial charge in [0.2, 0.25) is 0 Å². The van der Waals surface area contributed by atoms with Crippen molar-refractivity contribution in [1.82, 2.24) is 0 Å². The summed E-state index contributed by atoms with van der Waals surface area (Å²) in [5.41, 5.74) is 7.06. The van der Waals surface area contributed by atoms with Gasteiger partial charge in [-0.1, -0.05) is 30.3 Å². The summed E-state index contributed by atoms with van der Waals surface area (Å²) in [6.07, 6.45) is -4.12. The third kappa shape index (κ3) is 4.38. The Morgan fingerprint density at radius 1 is 1.12 bits per heavy atom. The van der Waals surface area contributed by atoms with Crippen molar-refractivity contribution in [2.75, 3.05) is 12.4 Å². The topological polar surface area (TPSA) is 68.9 Å². The number of methoxy groups -OCH3 is 1. The van der Waals surface area contributed by atoms with Crippen LogP contribution in [0, 0.1) is 0 Å². The van der Waals surface area contributed by atoms with E-state index in [1.54, 1.807) is 31.4 Å². The minimum absolute atomic E-state index is 0.161. The highest BCUT2D eigenvalue weighted by Crippen LogP contribution is 2.47. The molecule has 0 aromatic heterocycles. The molecule has 2 aromatic carbocycles. The number of guanidine groups is 1. The lowest BCUT2D eigenvalue weighted by atomic mass is 10.1. The number of alkyl halides is 3. The van der Waals surface area contributed by atoms with E-state index in [1.165, 1.54) is 12.1 Å². The molecule has 3 rings (SSSR count). The number of halogens is 3. The van der Waals surface area contributed by atoms with Gasteiger partial charge in [-0.05, 0) is 30.2 Å². The summed E-state index contributed by atoms with van der Waals surface area (Å²) in [4.78, 5) is 4.35. The number of aliphatic imine (C=N–C) groups is 1. The number of rotatable bonds is 5. The maximum atomic E-state index is 12.5. The molecule has 2 unspecified atom stereocenters. The molecule has 5 nitrogen and oxygen atoms in total. The zero-order valence-electron chi connectivity index (χ0n) is 14.0. The Labute approximate surface area is 148 Å². The van der Waals surface area contributed by atoms with Crippen LogP contribution in [0.4, 0.5) is 18.9 Å². The van der Waals surface area contributed by atoms with Crippen LogP contribution in [0.1, 0.15) is 17.9 Å². The zero-order chi connectivity index (χ0) is 18.7. The van der Waals surface area contributed by atoms with E-state index < -0.39 is 6.36 Å². The molecule has 2 atom stereocenters. The number of ether oxygens (including phenoxy) is 2. The smallest absolute Gasteiger partial charge is 0.495 e. The van der Waals surface area contributed by atoms with E-state index in [0.29, 0.717) is 23.4 Å². The fraction of sp³-hybridized carbons (Fsp3) is 0.278. The third-order valence-corrected chi connectivity index (χ3v) is 3.98. The minimum Gasteiger partial charge on any atom is -0.495 e. The third-order valence-electron chi connectivity index (χ3n) is 3.98. The van der Waals surface area contributed by atoms with Gasteiger partial charge in [-0.2, -0.15) is 0 Å². The molecule has 0 heterocycles. The van der Waals surface area contributed by atoms with Crippen molar-refractivity contribution < 1.29 is 22.6 Å². The highest BCUT2D eigenvalue weighted by Gasteiger charge is 2.42. The van der Waals surface area contributed by atoms with E-state index in [-0.39, 0.29) is 23.7 Å². The second-order valence-electron chi connectivity index (χ2n) is 5.83. The molecule has 0 radical (unpaired) electrons. The molecule has 2 aromatic rings. The van der Waals surface area contributed by atoms with Crippen molar-refractivity contribution in [3.05, 3.63) is 54.1 Å². The predicted octanol–water partition coefficient (Wildman–Crippen LogP) is 3.88. The Kier molecular flexibility index (Phi) is 4.92. The van der Waals surface area contributed by atoms with Gasteiger partial charge in [-0.3, -0.25) is 0 Å². The van der Waals surface area contributed by atoms with Crippen LogP contribution in [0.15, 0.2) is 53.5 Å². The standard InChI is InChI=1S/C18H18F3N3O2/c1-25-16-9-5-3-7-13(16)23-17(22)24-14-10-12(14)11-6-2-4-8-15(11)26-18(19,20)21/h2-9,12,14H,10H2,1H3,(H3,22,23,24). The first-order valence-corrected chi connectivity index (χ1v) is 7.95. The van der Waals surface area contributed by atoms with Crippen molar-refractivity contribution in [2.45, 2.75) is 24.7 Å². The molecule has 1 aliphatic rings. The first kappa shape index (κ1) is 17.9. The second kappa shape index (κ2) is 7.15. The Bertz CT molecular complexity index is 808. The van der Waals surface area contributed by atoms with Crippen LogP contribution < -0.4 is 20.5 Å². The Morgan fingerprint density at radius 3 is 2.46 bits per heavy atom. The fourth-order valence-electron chi connectivity index (χ4n) is 2.76. The number of anilines is 1. The summed E-state index contributed by atoms with van der Waals surface area (Å²) in [5.74, 6) is 0.434. The van der Waals surface area contributed by atoms with Crippen LogP contribution in [0.2, 0.25) is 0 Å². The first-order chi connectivity index (χ1) is 12.4. The van der Waals surface area contributed by atoms with Crippen LogP contribution in [0.5, 0.6) is 11.5 Å². The Morgan fingerprint density at radius 2 is 1.77 bits per heavy atom. The van der Waals surface area contributed by atoms with Crippen LogP contribution in [-0.4, -0.2) is 25.5 Å². The largest absolute Gasteiger partial charge is 0.573 e. The molecule has 138 valence electrons. The monoisotopic (exact) mass is 365 g/mol. The molecular formula is C18H18F3N3O2. The lowest BCUT2D eigenvalue weighted by Crippen LogP contribution is -2.23. The molecule has 0 spiro atoms. The van der Waals surface area contributed by atoms with Crippen LogP contribution in [0.3, 0.4) is 0 Å². The molecule has 0 bridgehead atoms. The zero-order valence-corrected chi connectivity index (χ0v) is 14.0. The second-order valence-corrected chi connectivity index (χ2v) is 5.83. The number of hydrogen-bond acceptors (Lipinski definition) is 3. The van der Waals surface area contributed by atoms with Crippen LogP contribution in [-0.2, 0) is 0 Å². The van der Waals surface area contributed by atoms with Gasteiger partial charge in [-0.25, -0.2) is 4.99 Å². The van der Waals surface area contributed by atoms with Crippen molar-refractivity contribution in [2.24, 2.45) is 10.7 Å². The van der Waals surface area contributed by atoms with Gasteiger partial charge < -0.3 is 20.5 Å². The molecule has 0 amide bonds. The van der Waals surface area contributed by atoms with Crippen LogP contribution in [0.25, 0.3) is 0 Å². The van der Waals surface area contributed by atoms with Gasteiger partial charge in [0.1, 0.15) is 11.5 Å². The van der Waals surface area contributed by atoms with Gasteiger partial charge >= 0.3 is 6.36 Å². The van der Waals surface area contributed by atoms with E-state index in [1.807, 2.05) is 12.1 Å². The summed E-state index contributed by atoms with van der Waals surface area (Å²) < 4.78 is 46.9. The molecule has 1 aliphatic carbocycles. The summed E-state index contributed by atoms with van der Waals surface area (Å²) in [7, 11) is 1.54.